The van der Waals surface area contributed by atoms with Crippen molar-refractivity contribution in [1.82, 2.24) is 10.2 Å². The van der Waals surface area contributed by atoms with Crippen LogP contribution in [0.1, 0.15) is 29.6 Å². The largest absolute Gasteiger partial charge is 0.350 e. The minimum Gasteiger partial charge on any atom is -0.350 e. The molecule has 1 spiro atoms. The van der Waals surface area contributed by atoms with E-state index in [-0.39, 0.29) is 11.6 Å². The number of benzene rings is 2. The van der Waals surface area contributed by atoms with Gasteiger partial charge in [-0.25, -0.2) is 0 Å². The average molecular weight is 380 g/mol. The Morgan fingerprint density at radius 2 is 1.86 bits per heavy atom. The predicted octanol–water partition coefficient (Wildman–Crippen LogP) is 3.55. The molecule has 28 heavy (non-hydrogen) atoms. The number of piperidine rings is 1. The van der Waals surface area contributed by atoms with Crippen molar-refractivity contribution < 1.29 is 9.72 Å². The minimum absolute atomic E-state index is 0.0943. The summed E-state index contributed by atoms with van der Waals surface area (Å²) in [5.74, 6) is -0.129. The molecule has 1 amide bonds. The zero-order chi connectivity index (χ0) is 19.6. The summed E-state index contributed by atoms with van der Waals surface area (Å²) >= 11 is 0. The molecule has 0 unspecified atom stereocenters. The SMILES string of the molecule is O=C(c1ccc(Nc2ccccc2)c([N+](=O)[O-])c1)N1CCC2(CCNC2)CC1. The first-order valence-electron chi connectivity index (χ1n) is 9.67. The zero-order valence-corrected chi connectivity index (χ0v) is 15.7. The van der Waals surface area contributed by atoms with E-state index in [0.717, 1.165) is 31.6 Å². The second-order valence-electron chi connectivity index (χ2n) is 7.70. The fraction of sp³-hybridized carbons (Fsp3) is 0.381. The number of nitro benzene ring substituents is 1. The lowest BCUT2D eigenvalue weighted by Crippen LogP contribution is -2.44. The van der Waals surface area contributed by atoms with Crippen molar-refractivity contribution in [2.75, 3.05) is 31.5 Å². The molecule has 7 heteroatoms. The first-order valence-corrected chi connectivity index (χ1v) is 9.67. The molecule has 7 nitrogen and oxygen atoms in total. The second-order valence-corrected chi connectivity index (χ2v) is 7.70. The number of hydrogen-bond donors (Lipinski definition) is 2. The first kappa shape index (κ1) is 18.4. The molecule has 2 N–H and O–H groups in total. The van der Waals surface area contributed by atoms with E-state index in [2.05, 4.69) is 10.6 Å². The number of nitrogens with zero attached hydrogens (tertiary/aromatic N) is 2. The van der Waals surface area contributed by atoms with Crippen LogP contribution in [0.15, 0.2) is 48.5 Å². The van der Waals surface area contributed by atoms with Crippen LogP contribution in [0.5, 0.6) is 0 Å². The van der Waals surface area contributed by atoms with Crippen molar-refractivity contribution in [1.29, 1.82) is 0 Å². The fourth-order valence-electron chi connectivity index (χ4n) is 4.19. The minimum atomic E-state index is -0.447. The lowest BCUT2D eigenvalue weighted by molar-refractivity contribution is -0.383. The lowest BCUT2D eigenvalue weighted by atomic mass is 9.78. The summed E-state index contributed by atoms with van der Waals surface area (Å²) < 4.78 is 0. The summed E-state index contributed by atoms with van der Waals surface area (Å²) in [7, 11) is 0. The van der Waals surface area contributed by atoms with Crippen LogP contribution in [0.2, 0.25) is 0 Å². The number of nitro groups is 1. The Bertz CT molecular complexity index is 868. The van der Waals surface area contributed by atoms with E-state index in [4.69, 9.17) is 0 Å². The Hall–Kier alpha value is -2.93. The van der Waals surface area contributed by atoms with E-state index in [9.17, 15) is 14.9 Å². The number of anilines is 2. The molecule has 0 saturated carbocycles. The van der Waals surface area contributed by atoms with Gasteiger partial charge >= 0.3 is 0 Å². The van der Waals surface area contributed by atoms with Crippen molar-refractivity contribution in [3.8, 4) is 0 Å². The molecule has 0 bridgehead atoms. The molecule has 2 aliphatic heterocycles. The van der Waals surface area contributed by atoms with E-state index in [0.29, 0.717) is 29.8 Å². The average Bonchev–Trinajstić information content (AvgIpc) is 3.17. The molecule has 2 aromatic rings. The van der Waals surface area contributed by atoms with E-state index in [1.165, 1.54) is 12.5 Å². The molecule has 146 valence electrons. The molecule has 2 saturated heterocycles. The number of amides is 1. The highest BCUT2D eigenvalue weighted by Crippen LogP contribution is 2.37. The Labute approximate surface area is 163 Å². The predicted molar refractivity (Wildman–Crippen MR) is 108 cm³/mol. The highest BCUT2D eigenvalue weighted by molar-refractivity contribution is 5.96. The maximum Gasteiger partial charge on any atom is 0.293 e. The van der Waals surface area contributed by atoms with Gasteiger partial charge in [0.25, 0.3) is 11.6 Å². The van der Waals surface area contributed by atoms with E-state index >= 15 is 0 Å². The molecule has 2 fully saturated rings. The lowest BCUT2D eigenvalue weighted by Gasteiger charge is -2.38. The number of para-hydroxylation sites is 1. The molecule has 0 aromatic heterocycles. The third-order valence-electron chi connectivity index (χ3n) is 5.94. The number of hydrogen-bond acceptors (Lipinski definition) is 5. The Balaban J connectivity index is 1.51. The van der Waals surface area contributed by atoms with Crippen molar-refractivity contribution in [3.63, 3.8) is 0 Å². The maximum absolute atomic E-state index is 12.9. The molecule has 2 heterocycles. The number of carbonyl (C=O) groups is 1. The van der Waals surface area contributed by atoms with E-state index in [1.807, 2.05) is 35.2 Å². The van der Waals surface area contributed by atoms with Crippen molar-refractivity contribution in [3.05, 3.63) is 64.2 Å². The summed E-state index contributed by atoms with van der Waals surface area (Å²) in [5.41, 5.74) is 1.74. The highest BCUT2D eigenvalue weighted by atomic mass is 16.6. The van der Waals surface area contributed by atoms with Crippen LogP contribution >= 0.6 is 0 Å². The molecular weight excluding hydrogens is 356 g/mol. The maximum atomic E-state index is 12.9. The summed E-state index contributed by atoms with van der Waals surface area (Å²) in [4.78, 5) is 25.9. The van der Waals surface area contributed by atoms with Crippen LogP contribution in [-0.2, 0) is 0 Å². The van der Waals surface area contributed by atoms with Gasteiger partial charge in [0, 0.05) is 37.0 Å². The molecule has 0 atom stereocenters. The van der Waals surface area contributed by atoms with Crippen LogP contribution in [0.4, 0.5) is 17.1 Å². The molecule has 4 rings (SSSR count). The quantitative estimate of drug-likeness (QED) is 0.626. The Morgan fingerprint density at radius 1 is 1.11 bits per heavy atom. The molecular formula is C21H24N4O3. The van der Waals surface area contributed by atoms with Crippen LogP contribution in [0, 0.1) is 15.5 Å². The van der Waals surface area contributed by atoms with Gasteiger partial charge < -0.3 is 15.5 Å². The molecule has 2 aliphatic rings. The van der Waals surface area contributed by atoms with Gasteiger partial charge in [0.1, 0.15) is 5.69 Å². The van der Waals surface area contributed by atoms with E-state index < -0.39 is 4.92 Å². The monoisotopic (exact) mass is 380 g/mol. The number of likely N-dealkylation sites (tertiary alicyclic amines) is 1. The molecule has 2 aromatic carbocycles. The number of carbonyl (C=O) groups excluding carboxylic acids is 1. The Morgan fingerprint density at radius 3 is 2.50 bits per heavy atom. The topological polar surface area (TPSA) is 87.5 Å². The van der Waals surface area contributed by atoms with Gasteiger partial charge in [0.2, 0.25) is 0 Å². The van der Waals surface area contributed by atoms with Crippen molar-refractivity contribution in [2.24, 2.45) is 5.41 Å². The standard InChI is InChI=1S/C21H24N4O3/c26-20(24-12-9-21(10-13-24)8-11-22-15-21)16-6-7-18(19(14-16)25(27)28)23-17-4-2-1-3-5-17/h1-7,14,22-23H,8-13,15H2. The zero-order valence-electron chi connectivity index (χ0n) is 15.7. The number of nitrogens with one attached hydrogen (secondary N) is 2. The fourth-order valence-corrected chi connectivity index (χ4v) is 4.19. The van der Waals surface area contributed by atoms with Gasteiger partial charge in [0.15, 0.2) is 0 Å². The van der Waals surface area contributed by atoms with Gasteiger partial charge in [-0.2, -0.15) is 0 Å². The van der Waals surface area contributed by atoms with Gasteiger partial charge in [0.05, 0.1) is 4.92 Å². The first-order chi connectivity index (χ1) is 13.6. The summed E-state index contributed by atoms with van der Waals surface area (Å²) in [5, 5.41) is 18.0. The van der Waals surface area contributed by atoms with Gasteiger partial charge in [-0.05, 0) is 55.5 Å². The van der Waals surface area contributed by atoms with Crippen LogP contribution in [0.25, 0.3) is 0 Å². The van der Waals surface area contributed by atoms with Gasteiger partial charge in [-0.1, -0.05) is 18.2 Å². The smallest absolute Gasteiger partial charge is 0.293 e. The third-order valence-corrected chi connectivity index (χ3v) is 5.94. The third kappa shape index (κ3) is 3.71. The van der Waals surface area contributed by atoms with Crippen LogP contribution < -0.4 is 10.6 Å². The summed E-state index contributed by atoms with van der Waals surface area (Å²) in [6.07, 6.45) is 3.14. The normalized spacial score (nSPS) is 18.2. The number of rotatable bonds is 4. The van der Waals surface area contributed by atoms with Crippen molar-refractivity contribution >= 4 is 23.0 Å². The van der Waals surface area contributed by atoms with Gasteiger partial charge in [-0.15, -0.1) is 0 Å². The Kier molecular flexibility index (Phi) is 5.00. The summed E-state index contributed by atoms with van der Waals surface area (Å²) in [6.45, 7) is 3.49. The van der Waals surface area contributed by atoms with Gasteiger partial charge in [-0.3, -0.25) is 14.9 Å². The molecule has 0 radical (unpaired) electrons. The second kappa shape index (κ2) is 7.59. The highest BCUT2D eigenvalue weighted by Gasteiger charge is 2.38. The van der Waals surface area contributed by atoms with Crippen LogP contribution in [0.3, 0.4) is 0 Å². The summed E-state index contributed by atoms with van der Waals surface area (Å²) in [6, 6.07) is 13.9. The van der Waals surface area contributed by atoms with Crippen LogP contribution in [-0.4, -0.2) is 41.9 Å². The molecule has 0 aliphatic carbocycles. The van der Waals surface area contributed by atoms with Crippen molar-refractivity contribution in [2.45, 2.75) is 19.3 Å². The van der Waals surface area contributed by atoms with E-state index in [1.54, 1.807) is 12.1 Å².